The summed E-state index contributed by atoms with van der Waals surface area (Å²) in [7, 11) is 0. The third kappa shape index (κ3) is 5.83. The van der Waals surface area contributed by atoms with Crippen molar-refractivity contribution in [1.82, 2.24) is 0 Å². The molecule has 2 fully saturated rings. The van der Waals surface area contributed by atoms with Crippen LogP contribution < -0.4 is 20.1 Å². The van der Waals surface area contributed by atoms with Crippen molar-refractivity contribution in [3.05, 3.63) is 89.2 Å². The summed E-state index contributed by atoms with van der Waals surface area (Å²) in [4.78, 5) is 4.94. The lowest BCUT2D eigenvalue weighted by molar-refractivity contribution is -0.697. The minimum Gasteiger partial charge on any atom is -0.372 e. The number of nitrogens with two attached hydrogens (primary N) is 1. The molecule has 0 radical (unpaired) electrons. The maximum absolute atomic E-state index is 5.99. The zero-order valence-corrected chi connectivity index (χ0v) is 20.7. The van der Waals surface area contributed by atoms with Gasteiger partial charge in [-0.05, 0) is 79.3 Å². The first-order valence-corrected chi connectivity index (χ1v) is 13.1. The Morgan fingerprint density at radius 1 is 0.600 bits per heavy atom. The summed E-state index contributed by atoms with van der Waals surface area (Å²) < 4.78 is 2.30. The van der Waals surface area contributed by atoms with E-state index in [9.17, 15) is 0 Å². The Morgan fingerprint density at radius 2 is 1.03 bits per heavy atom. The van der Waals surface area contributed by atoms with Crippen molar-refractivity contribution in [3.8, 4) is 0 Å². The molecule has 4 nitrogen and oxygen atoms in total. The molecule has 4 heteroatoms. The standard InChI is InChI=1S/C31H37N4/c32-20-25-35-30(18-12-26-8-14-28(15-9-26)33-21-1-2-22-33)6-5-7-31(35)19-13-27-10-16-29(17-11-27)34-23-3-4-24-34/h5-19H,1-4,20-25,32H2/q+1. The van der Waals surface area contributed by atoms with E-state index in [1.165, 1.54) is 74.4 Å². The summed E-state index contributed by atoms with van der Waals surface area (Å²) in [5.74, 6) is 0. The highest BCUT2D eigenvalue weighted by Crippen LogP contribution is 2.22. The van der Waals surface area contributed by atoms with E-state index in [-0.39, 0.29) is 0 Å². The van der Waals surface area contributed by atoms with E-state index in [2.05, 4.69) is 105 Å². The Morgan fingerprint density at radius 3 is 1.43 bits per heavy atom. The van der Waals surface area contributed by atoms with E-state index in [1.807, 2.05) is 0 Å². The molecule has 0 unspecified atom stereocenters. The van der Waals surface area contributed by atoms with E-state index < -0.39 is 0 Å². The fraction of sp³-hybridized carbons (Fsp3) is 0.323. The fourth-order valence-corrected chi connectivity index (χ4v) is 5.16. The van der Waals surface area contributed by atoms with Crippen molar-refractivity contribution in [3.63, 3.8) is 0 Å². The predicted molar refractivity (Wildman–Crippen MR) is 149 cm³/mol. The average molecular weight is 466 g/mol. The summed E-state index contributed by atoms with van der Waals surface area (Å²) in [6.07, 6.45) is 14.0. The van der Waals surface area contributed by atoms with E-state index in [0.29, 0.717) is 6.54 Å². The number of benzene rings is 2. The van der Waals surface area contributed by atoms with Crippen molar-refractivity contribution in [2.75, 3.05) is 42.5 Å². The first-order valence-electron chi connectivity index (χ1n) is 13.1. The van der Waals surface area contributed by atoms with Gasteiger partial charge in [-0.2, -0.15) is 4.57 Å². The predicted octanol–water partition coefficient (Wildman–Crippen LogP) is 5.47. The van der Waals surface area contributed by atoms with Crippen LogP contribution in [0.3, 0.4) is 0 Å². The van der Waals surface area contributed by atoms with Crippen molar-refractivity contribution in [2.24, 2.45) is 5.73 Å². The quantitative estimate of drug-likeness (QED) is 0.448. The summed E-state index contributed by atoms with van der Waals surface area (Å²) >= 11 is 0. The maximum Gasteiger partial charge on any atom is 0.205 e. The van der Waals surface area contributed by atoms with Crippen LogP contribution in [0.5, 0.6) is 0 Å². The monoisotopic (exact) mass is 465 g/mol. The second kappa shape index (κ2) is 11.4. The summed E-state index contributed by atoms with van der Waals surface area (Å²) in [6.45, 7) is 6.09. The van der Waals surface area contributed by atoms with Crippen LogP contribution in [0.25, 0.3) is 24.3 Å². The van der Waals surface area contributed by atoms with Crippen LogP contribution in [0.15, 0.2) is 66.7 Å². The number of hydrogen-bond donors (Lipinski definition) is 1. The largest absolute Gasteiger partial charge is 0.372 e. The van der Waals surface area contributed by atoms with Gasteiger partial charge in [0, 0.05) is 61.8 Å². The van der Waals surface area contributed by atoms with Gasteiger partial charge in [0.2, 0.25) is 11.4 Å². The van der Waals surface area contributed by atoms with E-state index in [0.717, 1.165) is 17.9 Å². The topological polar surface area (TPSA) is 36.4 Å². The Labute approximate surface area is 210 Å². The molecule has 3 aromatic rings. The van der Waals surface area contributed by atoms with Gasteiger partial charge < -0.3 is 15.5 Å². The molecular formula is C31H37N4+. The van der Waals surface area contributed by atoms with Gasteiger partial charge in [-0.1, -0.05) is 24.3 Å². The molecular weight excluding hydrogens is 428 g/mol. The third-order valence-corrected chi connectivity index (χ3v) is 7.13. The molecule has 0 bridgehead atoms. The zero-order valence-electron chi connectivity index (χ0n) is 20.7. The van der Waals surface area contributed by atoms with Gasteiger partial charge in [0.05, 0.1) is 6.54 Å². The van der Waals surface area contributed by atoms with Crippen molar-refractivity contribution in [2.45, 2.75) is 32.2 Å². The lowest BCUT2D eigenvalue weighted by Crippen LogP contribution is -2.43. The highest BCUT2D eigenvalue weighted by molar-refractivity contribution is 5.70. The van der Waals surface area contributed by atoms with Gasteiger partial charge in [0.15, 0.2) is 6.54 Å². The average Bonchev–Trinajstić information content (AvgIpc) is 3.63. The summed E-state index contributed by atoms with van der Waals surface area (Å²) in [6, 6.07) is 24.3. The highest BCUT2D eigenvalue weighted by atomic mass is 15.1. The molecule has 0 spiro atoms. The van der Waals surface area contributed by atoms with Crippen LogP contribution in [0, 0.1) is 0 Å². The van der Waals surface area contributed by atoms with Crippen LogP contribution in [-0.2, 0) is 6.54 Å². The van der Waals surface area contributed by atoms with E-state index in [1.54, 1.807) is 0 Å². The van der Waals surface area contributed by atoms with Crippen LogP contribution in [0.1, 0.15) is 48.2 Å². The number of anilines is 2. The Bertz CT molecular complexity index is 1060. The summed E-state index contributed by atoms with van der Waals surface area (Å²) in [5.41, 5.74) is 13.4. The SMILES string of the molecule is NCC[n+]1c(C=Cc2ccc(N3CCCC3)cc2)cccc1C=Cc1ccc(N2CCCC2)cc1. The van der Waals surface area contributed by atoms with Crippen molar-refractivity contribution in [1.29, 1.82) is 0 Å². The first-order chi connectivity index (χ1) is 17.3. The highest BCUT2D eigenvalue weighted by Gasteiger charge is 2.14. The third-order valence-electron chi connectivity index (χ3n) is 7.13. The summed E-state index contributed by atoms with van der Waals surface area (Å²) in [5, 5.41) is 0. The molecule has 2 saturated heterocycles. The molecule has 0 atom stereocenters. The first kappa shape index (κ1) is 23.4. The van der Waals surface area contributed by atoms with Gasteiger partial charge in [-0.25, -0.2) is 0 Å². The molecule has 0 saturated carbocycles. The normalized spacial score (nSPS) is 16.3. The van der Waals surface area contributed by atoms with Crippen LogP contribution in [-0.4, -0.2) is 32.7 Å². The van der Waals surface area contributed by atoms with E-state index >= 15 is 0 Å². The molecule has 3 heterocycles. The van der Waals surface area contributed by atoms with Crippen LogP contribution >= 0.6 is 0 Å². The van der Waals surface area contributed by atoms with E-state index in [4.69, 9.17) is 5.73 Å². The number of nitrogens with zero attached hydrogens (tertiary/aromatic N) is 3. The molecule has 1 aromatic heterocycles. The van der Waals surface area contributed by atoms with Gasteiger partial charge in [0.25, 0.3) is 0 Å². The smallest absolute Gasteiger partial charge is 0.205 e. The van der Waals surface area contributed by atoms with Gasteiger partial charge in [-0.3, -0.25) is 0 Å². The van der Waals surface area contributed by atoms with Crippen molar-refractivity contribution < 1.29 is 4.57 Å². The van der Waals surface area contributed by atoms with Gasteiger partial charge >= 0.3 is 0 Å². The molecule has 180 valence electrons. The molecule has 0 aliphatic carbocycles. The number of aromatic nitrogens is 1. The van der Waals surface area contributed by atoms with Crippen molar-refractivity contribution >= 4 is 35.7 Å². The maximum atomic E-state index is 5.99. The minimum absolute atomic E-state index is 0.603. The number of pyridine rings is 1. The molecule has 2 N–H and O–H groups in total. The lowest BCUT2D eigenvalue weighted by Gasteiger charge is -2.17. The molecule has 2 aliphatic heterocycles. The van der Waals surface area contributed by atoms with Crippen LogP contribution in [0.2, 0.25) is 0 Å². The number of hydrogen-bond acceptors (Lipinski definition) is 3. The molecule has 2 aromatic carbocycles. The zero-order chi connectivity index (χ0) is 23.9. The second-order valence-electron chi connectivity index (χ2n) is 9.55. The molecule has 5 rings (SSSR count). The number of rotatable bonds is 8. The Balaban J connectivity index is 1.31. The lowest BCUT2D eigenvalue weighted by atomic mass is 10.1. The second-order valence-corrected chi connectivity index (χ2v) is 9.55. The Hall–Kier alpha value is -3.37. The van der Waals surface area contributed by atoms with Gasteiger partial charge in [0.1, 0.15) is 0 Å². The molecule has 0 amide bonds. The minimum atomic E-state index is 0.603. The van der Waals surface area contributed by atoms with Crippen LogP contribution in [0.4, 0.5) is 11.4 Å². The Kier molecular flexibility index (Phi) is 7.59. The fourth-order valence-electron chi connectivity index (χ4n) is 5.16. The molecule has 35 heavy (non-hydrogen) atoms. The van der Waals surface area contributed by atoms with Gasteiger partial charge in [-0.15, -0.1) is 0 Å². The molecule has 2 aliphatic rings.